The van der Waals surface area contributed by atoms with Crippen molar-refractivity contribution in [2.45, 2.75) is 26.2 Å². The van der Waals surface area contributed by atoms with Gasteiger partial charge >= 0.3 is 5.97 Å². The first-order valence-corrected chi connectivity index (χ1v) is 11.7. The van der Waals surface area contributed by atoms with E-state index in [-0.39, 0.29) is 12.0 Å². The zero-order valence-electron chi connectivity index (χ0n) is 19.7. The van der Waals surface area contributed by atoms with Gasteiger partial charge in [-0.1, -0.05) is 53.2 Å². The number of oxime groups is 1. The molecule has 0 aliphatic carbocycles. The van der Waals surface area contributed by atoms with E-state index in [9.17, 15) is 15.1 Å². The van der Waals surface area contributed by atoms with Crippen LogP contribution in [0, 0.1) is 19.7 Å². The van der Waals surface area contributed by atoms with Crippen LogP contribution in [0.5, 0.6) is 0 Å². The number of aryl methyl sites for hydroxylation is 2. The first kappa shape index (κ1) is 25.1. The summed E-state index contributed by atoms with van der Waals surface area (Å²) in [5.74, 6) is -1.87. The molecule has 4 rings (SSSR count). The number of nitrogens with zero attached hydrogens (tertiary/aromatic N) is 2. The molecule has 1 unspecified atom stereocenters. The number of hydrogen-bond donors (Lipinski definition) is 2. The van der Waals surface area contributed by atoms with E-state index in [1.54, 1.807) is 42.6 Å². The smallest absolute Gasteiger partial charge is 0.335 e. The Morgan fingerprint density at radius 1 is 1.00 bits per heavy atom. The molecule has 0 aliphatic heterocycles. The third-order valence-electron chi connectivity index (χ3n) is 6.18. The van der Waals surface area contributed by atoms with E-state index in [1.165, 1.54) is 6.07 Å². The van der Waals surface area contributed by atoms with E-state index >= 15 is 4.39 Å². The van der Waals surface area contributed by atoms with Crippen molar-refractivity contribution in [1.29, 1.82) is 0 Å². The molecule has 4 aromatic rings. The van der Waals surface area contributed by atoms with Crippen LogP contribution in [0.25, 0.3) is 11.1 Å². The lowest BCUT2D eigenvalue weighted by Crippen LogP contribution is -2.12. The van der Waals surface area contributed by atoms with Crippen LogP contribution in [0.2, 0.25) is 5.02 Å². The Hall–Kier alpha value is -4.03. The second-order valence-electron chi connectivity index (χ2n) is 8.61. The molecule has 2 N–H and O–H groups in total. The maximum Gasteiger partial charge on any atom is 0.335 e. The zero-order chi connectivity index (χ0) is 25.8. The van der Waals surface area contributed by atoms with E-state index in [1.807, 2.05) is 44.2 Å². The van der Waals surface area contributed by atoms with Crippen LogP contribution in [-0.2, 0) is 0 Å². The number of rotatable bonds is 7. The Labute approximate surface area is 213 Å². The van der Waals surface area contributed by atoms with Crippen molar-refractivity contribution in [3.05, 3.63) is 123 Å². The highest BCUT2D eigenvalue weighted by molar-refractivity contribution is 6.30. The van der Waals surface area contributed by atoms with E-state index in [0.29, 0.717) is 21.9 Å². The Balaban J connectivity index is 1.74. The van der Waals surface area contributed by atoms with Crippen molar-refractivity contribution >= 4 is 23.3 Å². The van der Waals surface area contributed by atoms with Crippen molar-refractivity contribution < 1.29 is 19.5 Å². The minimum atomic E-state index is -0.974. The third kappa shape index (κ3) is 5.44. The molecule has 36 heavy (non-hydrogen) atoms. The molecule has 7 heteroatoms. The Morgan fingerprint density at radius 3 is 2.36 bits per heavy atom. The number of hydrogen-bond acceptors (Lipinski definition) is 4. The summed E-state index contributed by atoms with van der Waals surface area (Å²) in [7, 11) is 0. The SMILES string of the molecule is Cc1cc(C(CC(c2ccc(-c3ccc(C(=O)O)cc3C)cc2)c2ccc(Cl)cc2F)=NO)ccn1. The molecule has 5 nitrogen and oxygen atoms in total. The highest BCUT2D eigenvalue weighted by Gasteiger charge is 2.22. The minimum Gasteiger partial charge on any atom is -0.478 e. The lowest BCUT2D eigenvalue weighted by atomic mass is 9.84. The van der Waals surface area contributed by atoms with Gasteiger partial charge in [0.05, 0.1) is 11.3 Å². The normalized spacial score (nSPS) is 12.4. The number of benzene rings is 3. The van der Waals surface area contributed by atoms with Gasteiger partial charge in [0.15, 0.2) is 0 Å². The fourth-order valence-corrected chi connectivity index (χ4v) is 4.50. The topological polar surface area (TPSA) is 82.8 Å². The van der Waals surface area contributed by atoms with E-state index in [2.05, 4.69) is 10.1 Å². The van der Waals surface area contributed by atoms with Gasteiger partial charge < -0.3 is 10.3 Å². The predicted octanol–water partition coefficient (Wildman–Crippen LogP) is 7.26. The molecule has 182 valence electrons. The van der Waals surface area contributed by atoms with Gasteiger partial charge in [-0.05, 0) is 78.1 Å². The number of aromatic nitrogens is 1. The van der Waals surface area contributed by atoms with Gasteiger partial charge in [0, 0.05) is 34.8 Å². The van der Waals surface area contributed by atoms with Gasteiger partial charge in [-0.25, -0.2) is 9.18 Å². The van der Waals surface area contributed by atoms with E-state index in [0.717, 1.165) is 27.9 Å². The van der Waals surface area contributed by atoms with E-state index < -0.39 is 17.7 Å². The first-order chi connectivity index (χ1) is 17.3. The molecular weight excluding hydrogens is 479 g/mol. The number of aromatic carboxylic acids is 1. The molecule has 1 atom stereocenters. The fourth-order valence-electron chi connectivity index (χ4n) is 4.34. The number of carboxylic acids is 1. The van der Waals surface area contributed by atoms with Crippen LogP contribution in [0.4, 0.5) is 4.39 Å². The van der Waals surface area contributed by atoms with Gasteiger partial charge in [0.25, 0.3) is 0 Å². The summed E-state index contributed by atoms with van der Waals surface area (Å²) in [5.41, 5.74) is 6.03. The van der Waals surface area contributed by atoms with Crippen LogP contribution in [0.3, 0.4) is 0 Å². The van der Waals surface area contributed by atoms with Crippen molar-refractivity contribution in [2.75, 3.05) is 0 Å². The number of pyridine rings is 1. The molecule has 3 aromatic carbocycles. The summed E-state index contributed by atoms with van der Waals surface area (Å²) in [6.45, 7) is 3.71. The molecule has 0 aliphatic rings. The van der Waals surface area contributed by atoms with Gasteiger partial charge in [0.1, 0.15) is 5.82 Å². The average molecular weight is 503 g/mol. The molecular formula is C29H24ClFN2O3. The van der Waals surface area contributed by atoms with Crippen molar-refractivity contribution in [3.8, 4) is 11.1 Å². The molecule has 0 saturated carbocycles. The molecule has 0 saturated heterocycles. The van der Waals surface area contributed by atoms with Crippen molar-refractivity contribution in [2.24, 2.45) is 5.16 Å². The third-order valence-corrected chi connectivity index (χ3v) is 6.42. The lowest BCUT2D eigenvalue weighted by molar-refractivity contribution is 0.0697. The van der Waals surface area contributed by atoms with Gasteiger partial charge in [-0.15, -0.1) is 0 Å². The minimum absolute atomic E-state index is 0.230. The molecule has 0 amide bonds. The second-order valence-corrected chi connectivity index (χ2v) is 9.05. The summed E-state index contributed by atoms with van der Waals surface area (Å²) >= 11 is 6.00. The highest BCUT2D eigenvalue weighted by atomic mass is 35.5. The predicted molar refractivity (Wildman–Crippen MR) is 139 cm³/mol. The summed E-state index contributed by atoms with van der Waals surface area (Å²) in [6, 6.07) is 20.8. The van der Waals surface area contributed by atoms with Gasteiger partial charge in [0.2, 0.25) is 0 Å². The summed E-state index contributed by atoms with van der Waals surface area (Å²) in [6.07, 6.45) is 1.88. The number of carbonyl (C=O) groups is 1. The molecule has 0 spiro atoms. The standard InChI is InChI=1S/C29H24ClFN2O3/c1-17-13-22(29(34)35)7-9-24(17)19-3-5-20(6-4-19)26(25-10-8-23(30)15-27(25)31)16-28(33-36)21-11-12-32-18(2)14-21/h3-15,26,36H,16H2,1-2H3,(H,34,35). The fraction of sp³-hybridized carbons (Fsp3) is 0.138. The molecule has 0 radical (unpaired) electrons. The average Bonchev–Trinajstić information content (AvgIpc) is 2.85. The first-order valence-electron chi connectivity index (χ1n) is 11.3. The maximum atomic E-state index is 15.1. The number of carboxylic acid groups (broad SMARTS) is 1. The van der Waals surface area contributed by atoms with E-state index in [4.69, 9.17) is 11.6 Å². The van der Waals surface area contributed by atoms with Crippen LogP contribution >= 0.6 is 11.6 Å². The highest BCUT2D eigenvalue weighted by Crippen LogP contribution is 2.34. The number of halogens is 2. The Bertz CT molecular complexity index is 1450. The summed E-state index contributed by atoms with van der Waals surface area (Å²) < 4.78 is 15.1. The summed E-state index contributed by atoms with van der Waals surface area (Å²) in [4.78, 5) is 15.5. The van der Waals surface area contributed by atoms with Gasteiger partial charge in [-0.3, -0.25) is 4.98 Å². The zero-order valence-corrected chi connectivity index (χ0v) is 20.5. The molecule has 0 fully saturated rings. The largest absolute Gasteiger partial charge is 0.478 e. The van der Waals surface area contributed by atoms with Crippen LogP contribution in [0.1, 0.15) is 50.6 Å². The monoisotopic (exact) mass is 502 g/mol. The van der Waals surface area contributed by atoms with Gasteiger partial charge in [-0.2, -0.15) is 0 Å². The van der Waals surface area contributed by atoms with Crippen LogP contribution in [-0.4, -0.2) is 27.0 Å². The maximum absolute atomic E-state index is 15.1. The molecule has 1 aromatic heterocycles. The van der Waals surface area contributed by atoms with Crippen molar-refractivity contribution in [3.63, 3.8) is 0 Å². The Kier molecular flexibility index (Phi) is 7.46. The van der Waals surface area contributed by atoms with Crippen LogP contribution in [0.15, 0.2) is 84.1 Å². The second kappa shape index (κ2) is 10.7. The quantitative estimate of drug-likeness (QED) is 0.158. The molecule has 1 heterocycles. The van der Waals surface area contributed by atoms with Crippen LogP contribution < -0.4 is 0 Å². The van der Waals surface area contributed by atoms with Crippen molar-refractivity contribution in [1.82, 2.24) is 4.98 Å². The Morgan fingerprint density at radius 2 is 1.75 bits per heavy atom. The lowest BCUT2D eigenvalue weighted by Gasteiger charge is -2.20. The summed E-state index contributed by atoms with van der Waals surface area (Å²) in [5, 5.41) is 22.9. The molecule has 0 bridgehead atoms.